The Hall–Kier alpha value is -1.75. The van der Waals surface area contributed by atoms with Crippen molar-refractivity contribution in [1.29, 1.82) is 0 Å². The third-order valence-corrected chi connectivity index (χ3v) is 6.99. The summed E-state index contributed by atoms with van der Waals surface area (Å²) in [6.45, 7) is 1.97. The molecule has 1 saturated heterocycles. The maximum absolute atomic E-state index is 13.6. The molecular weight excluding hydrogens is 355 g/mol. The van der Waals surface area contributed by atoms with Crippen LogP contribution in [0, 0.1) is 0 Å². The molecule has 4 rings (SSSR count). The smallest absolute Gasteiger partial charge is 0.276 e. The molecule has 0 saturated carbocycles. The fourth-order valence-corrected chi connectivity index (χ4v) is 5.81. The number of hydrogen-bond donors (Lipinski definition) is 0. The Bertz CT molecular complexity index is 846. The molecule has 2 atom stereocenters. The summed E-state index contributed by atoms with van der Waals surface area (Å²) in [5, 5.41) is 0. The van der Waals surface area contributed by atoms with Gasteiger partial charge in [0, 0.05) is 22.3 Å². The van der Waals surface area contributed by atoms with Gasteiger partial charge < -0.3 is 0 Å². The first-order valence-electron chi connectivity index (χ1n) is 8.74. The molecule has 26 heavy (non-hydrogen) atoms. The van der Waals surface area contributed by atoms with Gasteiger partial charge in [0.05, 0.1) is 17.7 Å². The zero-order chi connectivity index (χ0) is 18.4. The lowest BCUT2D eigenvalue weighted by Gasteiger charge is -2.53. The number of benzene rings is 2. The van der Waals surface area contributed by atoms with E-state index in [1.807, 2.05) is 61.5 Å². The van der Waals surface area contributed by atoms with Crippen LogP contribution < -0.4 is 0 Å². The second-order valence-corrected chi connectivity index (χ2v) is 8.44. The minimum absolute atomic E-state index is 0.443. The molecule has 0 N–H and O–H groups in total. The molecule has 2 aromatic rings. The minimum atomic E-state index is -4.25. The predicted octanol–water partition coefficient (Wildman–Crippen LogP) is 5.62. The van der Waals surface area contributed by atoms with Crippen molar-refractivity contribution in [3.8, 4) is 0 Å². The second-order valence-electron chi connectivity index (χ2n) is 7.33. The first-order valence-corrected chi connectivity index (χ1v) is 9.90. The molecule has 1 fully saturated rings. The van der Waals surface area contributed by atoms with E-state index in [2.05, 4.69) is 0 Å². The van der Waals surface area contributed by atoms with E-state index in [1.165, 1.54) is 0 Å². The van der Waals surface area contributed by atoms with Crippen LogP contribution in [0.25, 0.3) is 0 Å². The number of aliphatic imine (C=N–C) groups is 1. The number of fused-ring (bicyclic) bond motifs is 3. The van der Waals surface area contributed by atoms with Crippen molar-refractivity contribution in [1.82, 2.24) is 0 Å². The van der Waals surface area contributed by atoms with E-state index in [0.29, 0.717) is 23.6 Å². The maximum Gasteiger partial charge on any atom is 0.391 e. The summed E-state index contributed by atoms with van der Waals surface area (Å²) in [6, 6.07) is 17.4. The Morgan fingerprint density at radius 1 is 1.04 bits per heavy atom. The molecule has 0 amide bonds. The molecule has 5 heteroatoms. The predicted molar refractivity (Wildman–Crippen MR) is 101 cm³/mol. The van der Waals surface area contributed by atoms with Gasteiger partial charge in [-0.2, -0.15) is 24.9 Å². The molecule has 2 aliphatic heterocycles. The van der Waals surface area contributed by atoms with Crippen molar-refractivity contribution >= 4 is 17.5 Å². The highest BCUT2D eigenvalue weighted by Gasteiger charge is 2.58. The molecule has 0 aliphatic carbocycles. The van der Waals surface area contributed by atoms with Crippen molar-refractivity contribution < 1.29 is 13.2 Å². The maximum atomic E-state index is 13.6. The number of nitrogens with zero attached hydrogens (tertiary/aromatic N) is 1. The number of hydrogen-bond acceptors (Lipinski definition) is 2. The molecule has 136 valence electrons. The van der Waals surface area contributed by atoms with Gasteiger partial charge in [0.15, 0.2) is 0 Å². The largest absolute Gasteiger partial charge is 0.391 e. The van der Waals surface area contributed by atoms with E-state index < -0.39 is 23.6 Å². The topological polar surface area (TPSA) is 12.4 Å². The third-order valence-electron chi connectivity index (χ3n) is 5.72. The van der Waals surface area contributed by atoms with E-state index in [1.54, 1.807) is 11.8 Å². The molecule has 2 heterocycles. The Morgan fingerprint density at radius 3 is 2.46 bits per heavy atom. The number of halogens is 3. The lowest BCUT2D eigenvalue weighted by atomic mass is 9.61. The zero-order valence-corrected chi connectivity index (χ0v) is 15.3. The summed E-state index contributed by atoms with van der Waals surface area (Å²) in [5.74, 6) is 1.37. The first-order chi connectivity index (χ1) is 12.3. The van der Waals surface area contributed by atoms with Crippen molar-refractivity contribution in [3.63, 3.8) is 0 Å². The van der Waals surface area contributed by atoms with E-state index in [0.717, 1.165) is 16.7 Å². The summed E-state index contributed by atoms with van der Waals surface area (Å²) < 4.78 is 40.8. The summed E-state index contributed by atoms with van der Waals surface area (Å²) in [4.78, 5) is 4.89. The number of alkyl halides is 3. The minimum Gasteiger partial charge on any atom is -0.276 e. The van der Waals surface area contributed by atoms with E-state index in [-0.39, 0.29) is 0 Å². The standard InChI is InChI=1S/C21H20F3NS/c1-19-14-26-12-11-20(19,13-21(22,23)24)25-18(15-7-3-2-4-8-15)16-9-5-6-10-17(16)19/h2-10H,11-14H2,1H3/t19-,20+/m1/s1. The van der Waals surface area contributed by atoms with Gasteiger partial charge in [-0.3, -0.25) is 4.99 Å². The molecule has 2 aromatic carbocycles. The van der Waals surface area contributed by atoms with Crippen molar-refractivity contribution in [3.05, 3.63) is 71.3 Å². The van der Waals surface area contributed by atoms with E-state index in [9.17, 15) is 13.2 Å². The van der Waals surface area contributed by atoms with Gasteiger partial charge in [-0.1, -0.05) is 61.5 Å². The van der Waals surface area contributed by atoms with Gasteiger partial charge in [0.25, 0.3) is 0 Å². The molecule has 0 spiro atoms. The lowest BCUT2D eigenvalue weighted by Crippen LogP contribution is -2.58. The number of rotatable bonds is 2. The van der Waals surface area contributed by atoms with E-state index >= 15 is 0 Å². The normalized spacial score (nSPS) is 28.1. The van der Waals surface area contributed by atoms with Crippen LogP contribution in [0.2, 0.25) is 0 Å². The van der Waals surface area contributed by atoms with Gasteiger partial charge in [-0.05, 0) is 17.7 Å². The van der Waals surface area contributed by atoms with Crippen molar-refractivity contribution in [2.45, 2.75) is 36.9 Å². The van der Waals surface area contributed by atoms with Gasteiger partial charge in [-0.25, -0.2) is 0 Å². The fraction of sp³-hybridized carbons (Fsp3) is 0.381. The SMILES string of the molecule is C[C@]12CSCC[C@@]1(CC(F)(F)F)N=C(c1ccccc1)c1ccccc12. The Labute approximate surface area is 155 Å². The molecule has 0 bridgehead atoms. The van der Waals surface area contributed by atoms with Crippen LogP contribution in [0.4, 0.5) is 13.2 Å². The monoisotopic (exact) mass is 375 g/mol. The summed E-state index contributed by atoms with van der Waals surface area (Å²) in [6.07, 6.45) is -4.68. The molecule has 0 unspecified atom stereocenters. The summed E-state index contributed by atoms with van der Waals surface area (Å²) in [5.41, 5.74) is 1.75. The van der Waals surface area contributed by atoms with Crippen LogP contribution in [-0.2, 0) is 5.41 Å². The second kappa shape index (κ2) is 6.15. The van der Waals surface area contributed by atoms with Crippen LogP contribution in [-0.4, -0.2) is 28.9 Å². The highest BCUT2D eigenvalue weighted by molar-refractivity contribution is 7.99. The van der Waals surface area contributed by atoms with Gasteiger partial charge in [-0.15, -0.1) is 0 Å². The van der Waals surface area contributed by atoms with Crippen LogP contribution in [0.5, 0.6) is 0 Å². The van der Waals surface area contributed by atoms with Crippen LogP contribution in [0.15, 0.2) is 59.6 Å². The summed E-state index contributed by atoms with van der Waals surface area (Å²) >= 11 is 1.73. The van der Waals surface area contributed by atoms with Gasteiger partial charge in [0.2, 0.25) is 0 Å². The van der Waals surface area contributed by atoms with Gasteiger partial charge in [0.1, 0.15) is 0 Å². The van der Waals surface area contributed by atoms with Crippen LogP contribution >= 0.6 is 11.8 Å². The Morgan fingerprint density at radius 2 is 1.73 bits per heavy atom. The van der Waals surface area contributed by atoms with Crippen LogP contribution in [0.3, 0.4) is 0 Å². The molecule has 1 nitrogen and oxygen atoms in total. The molecule has 2 aliphatic rings. The lowest BCUT2D eigenvalue weighted by molar-refractivity contribution is -0.153. The summed E-state index contributed by atoms with van der Waals surface area (Å²) in [7, 11) is 0. The molecular formula is C21H20F3NS. The highest BCUT2D eigenvalue weighted by atomic mass is 32.2. The van der Waals surface area contributed by atoms with Gasteiger partial charge >= 0.3 is 6.18 Å². The third kappa shape index (κ3) is 2.77. The molecule has 0 aromatic heterocycles. The Balaban J connectivity index is 1.99. The highest BCUT2D eigenvalue weighted by Crippen LogP contribution is 2.55. The number of thioether (sulfide) groups is 1. The van der Waals surface area contributed by atoms with E-state index in [4.69, 9.17) is 4.99 Å². The van der Waals surface area contributed by atoms with Crippen molar-refractivity contribution in [2.75, 3.05) is 11.5 Å². The van der Waals surface area contributed by atoms with Crippen LogP contribution in [0.1, 0.15) is 36.5 Å². The Kier molecular flexibility index (Phi) is 4.18. The molecule has 0 radical (unpaired) electrons. The fourth-order valence-electron chi connectivity index (χ4n) is 4.35. The first kappa shape index (κ1) is 17.7. The quantitative estimate of drug-likeness (QED) is 0.663. The zero-order valence-electron chi connectivity index (χ0n) is 14.5. The average Bonchev–Trinajstić information content (AvgIpc) is 2.61. The average molecular weight is 375 g/mol. The van der Waals surface area contributed by atoms with Crippen molar-refractivity contribution in [2.24, 2.45) is 4.99 Å².